The summed E-state index contributed by atoms with van der Waals surface area (Å²) >= 11 is 0. The van der Waals surface area contributed by atoms with Crippen molar-refractivity contribution in [3.8, 4) is 16.9 Å². The Hall–Kier alpha value is -6.55. The van der Waals surface area contributed by atoms with Gasteiger partial charge in [-0.1, -0.05) is 12.1 Å². The molecule has 5 aromatic rings. The number of H-pyrrole nitrogens is 1. The molecule has 10 rings (SSSR count). The number of hydrogen-bond acceptors (Lipinski definition) is 12. The van der Waals surface area contributed by atoms with Gasteiger partial charge in [0.15, 0.2) is 5.82 Å². The average molecular weight is 969 g/mol. The summed E-state index contributed by atoms with van der Waals surface area (Å²) in [6.07, 6.45) is 2.11. The highest BCUT2D eigenvalue weighted by Gasteiger charge is 2.41. The number of methoxy groups -OCH3 is 1. The zero-order valence-corrected chi connectivity index (χ0v) is 38.7. The number of rotatable bonds is 13. The molecule has 2 atom stereocenters. The van der Waals surface area contributed by atoms with E-state index in [1.807, 2.05) is 41.1 Å². The topological polar surface area (TPSA) is 184 Å². The van der Waals surface area contributed by atoms with Gasteiger partial charge in [-0.05, 0) is 60.4 Å². The van der Waals surface area contributed by atoms with E-state index >= 15 is 8.78 Å². The number of nitrogens with one attached hydrogen (secondary N) is 3. The molecule has 3 aromatic carbocycles. The van der Waals surface area contributed by atoms with Gasteiger partial charge in [-0.15, -0.1) is 0 Å². The van der Waals surface area contributed by atoms with Crippen molar-refractivity contribution >= 4 is 61.8 Å². The molecule has 3 amide bonds. The Labute approximate surface area is 396 Å². The summed E-state index contributed by atoms with van der Waals surface area (Å²) in [6, 6.07) is 14.7. The Bertz CT molecular complexity index is 2960. The Morgan fingerprint density at radius 2 is 1.55 bits per heavy atom. The molecule has 17 nitrogen and oxygen atoms in total. The minimum absolute atomic E-state index is 0.00119. The maximum atomic E-state index is 15.8. The largest absolute Gasteiger partial charge is 0.496 e. The molecule has 4 fully saturated rings. The highest BCUT2D eigenvalue weighted by Crippen LogP contribution is 2.38. The number of carbonyl (C=O) groups excluding carboxylic acids is 4. The Kier molecular flexibility index (Phi) is 12.5. The number of aromatic nitrogens is 2. The maximum Gasteiger partial charge on any atom is 0.301 e. The van der Waals surface area contributed by atoms with E-state index in [4.69, 9.17) is 4.74 Å². The number of benzene rings is 3. The van der Waals surface area contributed by atoms with Gasteiger partial charge < -0.3 is 24.4 Å². The number of ether oxygens (including phenoxy) is 1. The number of ketones is 1. The van der Waals surface area contributed by atoms with Crippen LogP contribution >= 0.6 is 0 Å². The zero-order chi connectivity index (χ0) is 48.1. The summed E-state index contributed by atoms with van der Waals surface area (Å²) in [4.78, 5) is 70.0. The number of amides is 3. The molecule has 2 aromatic heterocycles. The summed E-state index contributed by atoms with van der Waals surface area (Å²) in [7, 11) is -2.81. The Morgan fingerprint density at radius 1 is 0.855 bits per heavy atom. The summed E-state index contributed by atoms with van der Waals surface area (Å²) < 4.78 is 78.9. The number of pyridine rings is 1. The third kappa shape index (κ3) is 9.10. The number of aromatic amines is 1. The monoisotopic (exact) mass is 968 g/mol. The number of imide groups is 1. The number of nitrogens with zero attached hydrogens (tertiary/aromatic N) is 7. The molecule has 5 aliphatic heterocycles. The maximum absolute atomic E-state index is 15.8. The van der Waals surface area contributed by atoms with Gasteiger partial charge in [-0.3, -0.25) is 39.0 Å². The first-order valence-corrected chi connectivity index (χ1v) is 24.5. The predicted molar refractivity (Wildman–Crippen MR) is 251 cm³/mol. The smallest absolute Gasteiger partial charge is 0.301 e. The summed E-state index contributed by atoms with van der Waals surface area (Å²) in [5.41, 5.74) is 3.54. The van der Waals surface area contributed by atoms with Gasteiger partial charge in [0.25, 0.3) is 5.91 Å². The van der Waals surface area contributed by atoms with E-state index in [9.17, 15) is 32.0 Å². The molecule has 0 radical (unpaired) electrons. The highest BCUT2D eigenvalue weighted by molar-refractivity contribution is 7.90. The van der Waals surface area contributed by atoms with E-state index in [1.54, 1.807) is 24.3 Å². The van der Waals surface area contributed by atoms with Crippen LogP contribution in [0.5, 0.6) is 5.75 Å². The van der Waals surface area contributed by atoms with E-state index in [-0.39, 0.29) is 49.9 Å². The van der Waals surface area contributed by atoms with E-state index in [0.717, 1.165) is 104 Å². The number of carbonyl (C=O) groups is 4. The molecule has 0 aliphatic carbocycles. The van der Waals surface area contributed by atoms with Crippen LogP contribution in [0.1, 0.15) is 51.1 Å². The highest BCUT2D eigenvalue weighted by atomic mass is 32.2. The van der Waals surface area contributed by atoms with E-state index in [2.05, 4.69) is 34.9 Å². The Balaban J connectivity index is 0.719. The number of halogens is 3. The van der Waals surface area contributed by atoms with Crippen LogP contribution in [0.3, 0.4) is 0 Å². The molecule has 7 heterocycles. The molecule has 0 saturated carbocycles. The molecular formula is C48H51F3N10O7S. The fourth-order valence-electron chi connectivity index (χ4n) is 10.0. The van der Waals surface area contributed by atoms with Crippen LogP contribution in [-0.2, 0) is 26.3 Å². The van der Waals surface area contributed by atoms with Crippen molar-refractivity contribution in [1.29, 1.82) is 0 Å². The van der Waals surface area contributed by atoms with Crippen LogP contribution < -0.4 is 24.6 Å². The van der Waals surface area contributed by atoms with Crippen molar-refractivity contribution in [2.24, 2.45) is 0 Å². The third-order valence-corrected chi connectivity index (χ3v) is 15.5. The normalized spacial score (nSPS) is 20.8. The lowest BCUT2D eigenvalue weighted by Crippen LogP contribution is -2.52. The standard InChI is InChI=1S/C48H51F3N10O7S/c1-68-40-24-34(22-31-27-61(48(65)42(31)40)39-8-9-41(62)54-47(39)64)59-20-16-57(17-21-59)13-12-56-14-18-58(19-15-56)33-4-2-29(3-5-33)30-23-35-36(26-53-46(35)52-25-30)45(63)43-37(50)6-7-38(44(43)51)55-69(66,67)60-11-10-32(49)28-60/h2-7,22-26,32,39,55H,8-21,27-28H2,1H3,(H,52,53)(H,54,62,64)/t32-,39?/m1/s1. The van der Waals surface area contributed by atoms with Crippen LogP contribution in [0.25, 0.3) is 22.2 Å². The second-order valence-corrected chi connectivity index (χ2v) is 19.7. The van der Waals surface area contributed by atoms with Crippen LogP contribution in [0.4, 0.5) is 30.2 Å². The van der Waals surface area contributed by atoms with Crippen LogP contribution in [-0.4, -0.2) is 159 Å². The third-order valence-electron chi connectivity index (χ3n) is 14.0. The first kappa shape index (κ1) is 46.2. The fourth-order valence-corrected chi connectivity index (χ4v) is 11.3. The van der Waals surface area contributed by atoms with E-state index < -0.39 is 57.0 Å². The molecule has 362 valence electrons. The summed E-state index contributed by atoms with van der Waals surface area (Å²) in [6.45, 7) is 8.62. The average Bonchev–Trinajstić information content (AvgIpc) is 4.09. The van der Waals surface area contributed by atoms with Crippen molar-refractivity contribution in [3.05, 3.63) is 101 Å². The molecule has 5 aliphatic rings. The van der Waals surface area contributed by atoms with Crippen LogP contribution in [0.2, 0.25) is 0 Å². The van der Waals surface area contributed by atoms with Gasteiger partial charge in [-0.2, -0.15) is 12.7 Å². The SMILES string of the molecule is COc1cc(N2CCN(CCN3CCN(c4ccc(-c5cnc6[nH]cc(C(=O)c7c(F)ccc(NS(=O)(=O)N8CC[C@@H](F)C8)c7F)c6c5)cc4)CC3)CC2)cc2c1C(=O)N(C1CCC(=O)NC1=O)C2. The number of anilines is 3. The van der Waals surface area contributed by atoms with Gasteiger partial charge in [0.2, 0.25) is 17.6 Å². The van der Waals surface area contributed by atoms with Crippen molar-refractivity contribution < 1.29 is 45.5 Å². The molecular weight excluding hydrogens is 918 g/mol. The zero-order valence-electron chi connectivity index (χ0n) is 37.8. The lowest BCUT2D eigenvalue weighted by molar-refractivity contribution is -0.136. The Morgan fingerprint density at radius 3 is 2.20 bits per heavy atom. The molecule has 21 heteroatoms. The molecule has 69 heavy (non-hydrogen) atoms. The van der Waals surface area contributed by atoms with E-state index in [0.29, 0.717) is 34.3 Å². The number of alkyl halides is 1. The van der Waals surface area contributed by atoms with Crippen molar-refractivity contribution in [1.82, 2.24) is 34.3 Å². The molecule has 3 N–H and O–H groups in total. The first-order valence-electron chi connectivity index (χ1n) is 23.1. The lowest BCUT2D eigenvalue weighted by Gasteiger charge is -2.39. The lowest BCUT2D eigenvalue weighted by atomic mass is 9.99. The first-order chi connectivity index (χ1) is 33.2. The van der Waals surface area contributed by atoms with Gasteiger partial charge in [0.05, 0.1) is 23.9 Å². The molecule has 0 bridgehead atoms. The van der Waals surface area contributed by atoms with Crippen LogP contribution in [0, 0.1) is 11.6 Å². The number of piperidine rings is 1. The van der Waals surface area contributed by atoms with Gasteiger partial charge >= 0.3 is 10.2 Å². The minimum atomic E-state index is -4.36. The number of fused-ring (bicyclic) bond motifs is 2. The van der Waals surface area contributed by atoms with Crippen molar-refractivity contribution in [2.75, 3.05) is 100 Å². The predicted octanol–water partition coefficient (Wildman–Crippen LogP) is 4.15. The van der Waals surface area contributed by atoms with Crippen LogP contribution in [0.15, 0.2) is 67.0 Å². The summed E-state index contributed by atoms with van der Waals surface area (Å²) in [5, 5.41) is 2.69. The van der Waals surface area contributed by atoms with Gasteiger partial charge in [-0.25, -0.2) is 18.2 Å². The fraction of sp³-hybridized carbons (Fsp3) is 0.396. The quantitative estimate of drug-likeness (QED) is 0.113. The second-order valence-electron chi connectivity index (χ2n) is 18.1. The number of piperazine rings is 2. The van der Waals surface area contributed by atoms with E-state index in [1.165, 1.54) is 6.20 Å². The van der Waals surface area contributed by atoms with Gasteiger partial charge in [0.1, 0.15) is 29.4 Å². The summed E-state index contributed by atoms with van der Waals surface area (Å²) in [5.74, 6) is -4.09. The van der Waals surface area contributed by atoms with Crippen molar-refractivity contribution in [2.45, 2.75) is 38.0 Å². The van der Waals surface area contributed by atoms with Crippen molar-refractivity contribution in [3.63, 3.8) is 0 Å². The minimum Gasteiger partial charge on any atom is -0.496 e. The van der Waals surface area contributed by atoms with Gasteiger partial charge in [0, 0.05) is 138 Å². The molecule has 1 unspecified atom stereocenters. The second kappa shape index (κ2) is 18.7. The molecule has 0 spiro atoms. The number of hydrogen-bond donors (Lipinski definition) is 3. The molecule has 4 saturated heterocycles.